The molecule has 1 aliphatic rings. The molecule has 1 aliphatic carbocycles. The van der Waals surface area contributed by atoms with E-state index in [0.717, 1.165) is 0 Å². The molecule has 174 valence electrons. The number of sulfonamides is 1. The standard InChI is InChI=1S/C22H17ClN4O6S/c1-32-17-11-16(25-22(26-17)33-2)27-34(30,31)13-9-7-12(8-10-13)24-19-18(23)20(28)14-5-3-4-6-15(14)21(19)29/h3-11,18H,1-2H3,(H,25,26,27). The van der Waals surface area contributed by atoms with Gasteiger partial charge in [-0.2, -0.15) is 9.97 Å². The van der Waals surface area contributed by atoms with Crippen LogP contribution in [-0.4, -0.2) is 55.3 Å². The highest BCUT2D eigenvalue weighted by Crippen LogP contribution is 2.27. The molecule has 0 spiro atoms. The van der Waals surface area contributed by atoms with E-state index < -0.39 is 27.0 Å². The van der Waals surface area contributed by atoms with E-state index in [1.165, 1.54) is 56.7 Å². The number of carbonyl (C=O) groups excluding carboxylic acids is 2. The zero-order chi connectivity index (χ0) is 24.5. The predicted molar refractivity (Wildman–Crippen MR) is 124 cm³/mol. The number of halogens is 1. The van der Waals surface area contributed by atoms with E-state index in [4.69, 9.17) is 21.1 Å². The fourth-order valence-corrected chi connectivity index (χ4v) is 4.46. The summed E-state index contributed by atoms with van der Waals surface area (Å²) < 4.78 is 37.8. The minimum atomic E-state index is -4.03. The minimum Gasteiger partial charge on any atom is -0.481 e. The van der Waals surface area contributed by atoms with Crippen LogP contribution < -0.4 is 14.2 Å². The molecule has 1 N–H and O–H groups in total. The van der Waals surface area contributed by atoms with Crippen molar-refractivity contribution in [3.63, 3.8) is 0 Å². The quantitative estimate of drug-likeness (QED) is 0.510. The van der Waals surface area contributed by atoms with Gasteiger partial charge in [0.25, 0.3) is 10.0 Å². The lowest BCUT2D eigenvalue weighted by Gasteiger charge is -2.19. The molecule has 1 heterocycles. The number of methoxy groups -OCH3 is 2. The molecule has 3 aromatic rings. The van der Waals surface area contributed by atoms with Crippen LogP contribution in [0.15, 0.2) is 64.5 Å². The number of fused-ring (bicyclic) bond motifs is 1. The topological polar surface area (TPSA) is 137 Å². The fraction of sp³-hybridized carbons (Fsp3) is 0.136. The minimum absolute atomic E-state index is 0.0528. The summed E-state index contributed by atoms with van der Waals surface area (Å²) in [6.07, 6.45) is 0. The molecule has 0 radical (unpaired) electrons. The van der Waals surface area contributed by atoms with E-state index in [1.807, 2.05) is 0 Å². The smallest absolute Gasteiger partial charge is 0.321 e. The summed E-state index contributed by atoms with van der Waals surface area (Å²) in [4.78, 5) is 37.3. The summed E-state index contributed by atoms with van der Waals surface area (Å²) in [5.41, 5.74) is 0.601. The number of nitrogens with one attached hydrogen (secondary N) is 1. The summed E-state index contributed by atoms with van der Waals surface area (Å²) in [6.45, 7) is 0. The van der Waals surface area contributed by atoms with Crippen LogP contribution in [-0.2, 0) is 10.0 Å². The van der Waals surface area contributed by atoms with Gasteiger partial charge in [0, 0.05) is 17.2 Å². The first-order chi connectivity index (χ1) is 16.2. The number of rotatable bonds is 6. The molecule has 0 saturated heterocycles. The van der Waals surface area contributed by atoms with Gasteiger partial charge in [-0.1, -0.05) is 24.3 Å². The molecule has 12 heteroatoms. The van der Waals surface area contributed by atoms with Crippen molar-refractivity contribution in [3.05, 3.63) is 65.7 Å². The number of hydrogen-bond donors (Lipinski definition) is 1. The van der Waals surface area contributed by atoms with Gasteiger partial charge >= 0.3 is 6.01 Å². The highest BCUT2D eigenvalue weighted by atomic mass is 35.5. The fourth-order valence-electron chi connectivity index (χ4n) is 3.20. The van der Waals surface area contributed by atoms with Crippen molar-refractivity contribution in [1.82, 2.24) is 9.97 Å². The molecule has 1 unspecified atom stereocenters. The second-order valence-corrected chi connectivity index (χ2v) is 9.10. The number of nitrogens with zero attached hydrogens (tertiary/aromatic N) is 3. The first kappa shape index (κ1) is 23.3. The largest absolute Gasteiger partial charge is 0.481 e. The summed E-state index contributed by atoms with van der Waals surface area (Å²) >= 11 is 6.21. The monoisotopic (exact) mass is 500 g/mol. The van der Waals surface area contributed by atoms with Crippen molar-refractivity contribution < 1.29 is 27.5 Å². The Hall–Kier alpha value is -3.83. The van der Waals surface area contributed by atoms with E-state index in [9.17, 15) is 18.0 Å². The van der Waals surface area contributed by atoms with Crippen molar-refractivity contribution in [2.75, 3.05) is 18.9 Å². The van der Waals surface area contributed by atoms with Gasteiger partial charge in [-0.05, 0) is 24.3 Å². The van der Waals surface area contributed by atoms with Gasteiger partial charge < -0.3 is 9.47 Å². The lowest BCUT2D eigenvalue weighted by Crippen LogP contribution is -2.37. The van der Waals surface area contributed by atoms with Crippen LogP contribution in [0, 0.1) is 0 Å². The van der Waals surface area contributed by atoms with Crippen LogP contribution in [0.25, 0.3) is 0 Å². The molecule has 1 aromatic heterocycles. The molecule has 0 fully saturated rings. The number of alkyl halides is 1. The van der Waals surface area contributed by atoms with Crippen LogP contribution in [0.3, 0.4) is 0 Å². The van der Waals surface area contributed by atoms with Crippen LogP contribution in [0.5, 0.6) is 11.9 Å². The molecule has 2 aromatic carbocycles. The van der Waals surface area contributed by atoms with E-state index >= 15 is 0 Å². The summed E-state index contributed by atoms with van der Waals surface area (Å²) in [5.74, 6) is -0.822. The third-order valence-electron chi connectivity index (χ3n) is 4.85. The maximum Gasteiger partial charge on any atom is 0.321 e. The Labute approximate surface area is 199 Å². The number of carbonyl (C=O) groups is 2. The maximum atomic E-state index is 12.8. The molecule has 0 aliphatic heterocycles. The average molecular weight is 501 g/mol. The average Bonchev–Trinajstić information content (AvgIpc) is 2.85. The Morgan fingerprint density at radius 3 is 2.29 bits per heavy atom. The van der Waals surface area contributed by atoms with Crippen molar-refractivity contribution in [3.8, 4) is 11.9 Å². The van der Waals surface area contributed by atoms with Crippen molar-refractivity contribution >= 4 is 50.4 Å². The lowest BCUT2D eigenvalue weighted by atomic mass is 9.88. The molecule has 1 atom stereocenters. The Morgan fingerprint density at radius 2 is 1.65 bits per heavy atom. The summed E-state index contributed by atoms with van der Waals surface area (Å²) in [5, 5.41) is -1.24. The number of aliphatic imine (C=N–C) groups is 1. The predicted octanol–water partition coefficient (Wildman–Crippen LogP) is 3.05. The SMILES string of the molecule is COc1cc(NS(=O)(=O)c2ccc(N=C3C(=O)c4ccccc4C(=O)C3Cl)cc2)nc(OC)n1. The molecular weight excluding hydrogens is 484 g/mol. The Bertz CT molecular complexity index is 1400. The normalized spacial score (nSPS) is 16.8. The number of aromatic nitrogens is 2. The van der Waals surface area contributed by atoms with Gasteiger partial charge in [0.05, 0.1) is 24.8 Å². The van der Waals surface area contributed by atoms with E-state index in [2.05, 4.69) is 19.7 Å². The van der Waals surface area contributed by atoms with Crippen molar-refractivity contribution in [2.45, 2.75) is 10.3 Å². The zero-order valence-corrected chi connectivity index (χ0v) is 19.4. The second kappa shape index (κ2) is 9.20. The maximum absolute atomic E-state index is 12.8. The summed E-state index contributed by atoms with van der Waals surface area (Å²) in [6, 6.07) is 13.0. The number of ketones is 2. The molecule has 34 heavy (non-hydrogen) atoms. The third-order valence-corrected chi connectivity index (χ3v) is 6.62. The number of hydrogen-bond acceptors (Lipinski definition) is 9. The molecule has 0 amide bonds. The van der Waals surface area contributed by atoms with E-state index in [-0.39, 0.29) is 45.1 Å². The first-order valence-corrected chi connectivity index (χ1v) is 11.7. The van der Waals surface area contributed by atoms with Gasteiger partial charge in [0.1, 0.15) is 11.1 Å². The zero-order valence-electron chi connectivity index (χ0n) is 17.9. The van der Waals surface area contributed by atoms with E-state index in [0.29, 0.717) is 0 Å². The van der Waals surface area contributed by atoms with Crippen LogP contribution in [0.2, 0.25) is 0 Å². The molecular formula is C22H17ClN4O6S. The van der Waals surface area contributed by atoms with Gasteiger partial charge in [0.15, 0.2) is 11.6 Å². The number of anilines is 1. The molecule has 4 rings (SSSR count). The first-order valence-electron chi connectivity index (χ1n) is 9.74. The molecule has 0 bridgehead atoms. The highest BCUT2D eigenvalue weighted by Gasteiger charge is 2.37. The van der Waals surface area contributed by atoms with Gasteiger partial charge in [-0.25, -0.2) is 13.4 Å². The summed E-state index contributed by atoms with van der Waals surface area (Å²) in [7, 11) is -1.33. The Morgan fingerprint density at radius 1 is 0.971 bits per heavy atom. The van der Waals surface area contributed by atoms with Gasteiger partial charge in [0.2, 0.25) is 11.7 Å². The van der Waals surface area contributed by atoms with Gasteiger partial charge in [-0.3, -0.25) is 14.3 Å². The molecule has 10 nitrogen and oxygen atoms in total. The lowest BCUT2D eigenvalue weighted by molar-refractivity contribution is 0.0968. The molecule has 0 saturated carbocycles. The highest BCUT2D eigenvalue weighted by molar-refractivity contribution is 7.92. The third kappa shape index (κ3) is 4.47. The number of ether oxygens (including phenoxy) is 2. The van der Waals surface area contributed by atoms with Crippen molar-refractivity contribution in [1.29, 1.82) is 0 Å². The Balaban J connectivity index is 1.61. The number of Topliss-reactive ketones (excluding diaryl/α,β-unsaturated/α-hetero) is 2. The van der Waals surface area contributed by atoms with Crippen LogP contribution >= 0.6 is 11.6 Å². The number of benzene rings is 2. The second-order valence-electron chi connectivity index (χ2n) is 6.98. The van der Waals surface area contributed by atoms with Crippen molar-refractivity contribution in [2.24, 2.45) is 4.99 Å². The Kier molecular flexibility index (Phi) is 6.31. The van der Waals surface area contributed by atoms with Gasteiger partial charge in [-0.15, -0.1) is 11.6 Å². The van der Waals surface area contributed by atoms with Crippen LogP contribution in [0.4, 0.5) is 11.5 Å². The van der Waals surface area contributed by atoms with E-state index in [1.54, 1.807) is 12.1 Å². The van der Waals surface area contributed by atoms with Crippen LogP contribution in [0.1, 0.15) is 20.7 Å².